The van der Waals surface area contributed by atoms with Crippen LogP contribution in [-0.2, 0) is 0 Å². The summed E-state index contributed by atoms with van der Waals surface area (Å²) in [6.45, 7) is 10.6. The summed E-state index contributed by atoms with van der Waals surface area (Å²) in [6.07, 6.45) is -0.123. The molecule has 3 rings (SSSR count). The fraction of sp³-hybridized carbons (Fsp3) is 0.350. The van der Waals surface area contributed by atoms with Crippen LogP contribution in [0.3, 0.4) is 0 Å². The van der Waals surface area contributed by atoms with Gasteiger partial charge in [0.2, 0.25) is 0 Å². The van der Waals surface area contributed by atoms with Gasteiger partial charge in [0.15, 0.2) is 6.10 Å². The van der Waals surface area contributed by atoms with Gasteiger partial charge in [0.05, 0.1) is 11.0 Å². The van der Waals surface area contributed by atoms with Gasteiger partial charge >= 0.3 is 0 Å². The summed E-state index contributed by atoms with van der Waals surface area (Å²) < 4.78 is 6.24. The monoisotopic (exact) mass is 308 g/mol. The molecule has 1 aromatic heterocycles. The van der Waals surface area contributed by atoms with E-state index in [4.69, 9.17) is 4.74 Å². The van der Waals surface area contributed by atoms with Gasteiger partial charge in [-0.05, 0) is 61.6 Å². The first-order valence-electron chi connectivity index (χ1n) is 8.17. The Morgan fingerprint density at radius 1 is 0.957 bits per heavy atom. The van der Waals surface area contributed by atoms with E-state index in [2.05, 4.69) is 68.0 Å². The number of hydrogen-bond acceptors (Lipinski definition) is 2. The van der Waals surface area contributed by atoms with Crippen molar-refractivity contribution in [1.29, 1.82) is 0 Å². The molecule has 0 aliphatic heterocycles. The number of nitrogens with one attached hydrogen (secondary N) is 1. The van der Waals surface area contributed by atoms with Crippen molar-refractivity contribution in [3.8, 4) is 5.75 Å². The van der Waals surface area contributed by atoms with Crippen molar-refractivity contribution < 1.29 is 4.74 Å². The van der Waals surface area contributed by atoms with E-state index in [0.717, 1.165) is 22.6 Å². The van der Waals surface area contributed by atoms with Crippen molar-refractivity contribution >= 4 is 11.0 Å². The number of nitrogens with zero attached hydrogens (tertiary/aromatic N) is 1. The van der Waals surface area contributed by atoms with E-state index >= 15 is 0 Å². The molecule has 1 N–H and O–H groups in total. The Morgan fingerprint density at radius 2 is 1.65 bits per heavy atom. The van der Waals surface area contributed by atoms with Crippen molar-refractivity contribution in [2.45, 2.75) is 46.6 Å². The fourth-order valence-corrected chi connectivity index (χ4v) is 2.80. The molecule has 3 aromatic rings. The Morgan fingerprint density at radius 3 is 2.39 bits per heavy atom. The number of aromatic amines is 1. The van der Waals surface area contributed by atoms with Crippen LogP contribution in [0.5, 0.6) is 5.75 Å². The lowest BCUT2D eigenvalue weighted by Gasteiger charge is -2.18. The van der Waals surface area contributed by atoms with E-state index in [1.807, 2.05) is 13.0 Å². The maximum Gasteiger partial charge on any atom is 0.153 e. The summed E-state index contributed by atoms with van der Waals surface area (Å²) in [5.41, 5.74) is 5.70. The Balaban J connectivity index is 1.91. The zero-order chi connectivity index (χ0) is 16.6. The van der Waals surface area contributed by atoms with E-state index in [1.165, 1.54) is 16.7 Å². The summed E-state index contributed by atoms with van der Waals surface area (Å²) >= 11 is 0. The van der Waals surface area contributed by atoms with Crippen LogP contribution in [0.15, 0.2) is 36.4 Å². The highest BCUT2D eigenvalue weighted by molar-refractivity contribution is 5.75. The second-order valence-electron chi connectivity index (χ2n) is 6.60. The third kappa shape index (κ3) is 3.24. The Labute approximate surface area is 137 Å². The van der Waals surface area contributed by atoms with Crippen LogP contribution in [-0.4, -0.2) is 9.97 Å². The summed E-state index contributed by atoms with van der Waals surface area (Å²) in [6, 6.07) is 12.6. The Kier molecular flexibility index (Phi) is 4.12. The van der Waals surface area contributed by atoms with E-state index in [0.29, 0.717) is 5.92 Å². The Bertz CT molecular complexity index is 833. The summed E-state index contributed by atoms with van der Waals surface area (Å²) in [7, 11) is 0. The van der Waals surface area contributed by atoms with Crippen molar-refractivity contribution in [1.82, 2.24) is 9.97 Å². The van der Waals surface area contributed by atoms with Gasteiger partial charge in [0.25, 0.3) is 0 Å². The summed E-state index contributed by atoms with van der Waals surface area (Å²) in [5, 5.41) is 0. The van der Waals surface area contributed by atoms with Crippen LogP contribution in [0.4, 0.5) is 0 Å². The third-order valence-corrected chi connectivity index (χ3v) is 4.14. The number of ether oxygens (including phenoxy) is 1. The number of aromatic nitrogens is 2. The highest BCUT2D eigenvalue weighted by Gasteiger charge is 2.16. The SMILES string of the molecule is Cc1ccc(C(C)C)c(O[C@@H](C)c2nc3ccc(C)cc3[nH]2)c1. The van der Waals surface area contributed by atoms with Gasteiger partial charge in [-0.15, -0.1) is 0 Å². The van der Waals surface area contributed by atoms with Crippen LogP contribution in [0.1, 0.15) is 55.3 Å². The molecule has 3 nitrogen and oxygen atoms in total. The van der Waals surface area contributed by atoms with Crippen molar-refractivity contribution in [2.24, 2.45) is 0 Å². The smallest absolute Gasteiger partial charge is 0.153 e. The maximum atomic E-state index is 6.24. The van der Waals surface area contributed by atoms with Crippen molar-refractivity contribution in [3.05, 3.63) is 58.9 Å². The molecule has 0 radical (unpaired) electrons. The van der Waals surface area contributed by atoms with Gasteiger partial charge in [-0.2, -0.15) is 0 Å². The lowest BCUT2D eigenvalue weighted by Crippen LogP contribution is -2.07. The predicted octanol–water partition coefficient (Wildman–Crippen LogP) is 5.44. The second-order valence-corrected chi connectivity index (χ2v) is 6.60. The van der Waals surface area contributed by atoms with Crippen LogP contribution < -0.4 is 4.74 Å². The topological polar surface area (TPSA) is 37.9 Å². The van der Waals surface area contributed by atoms with E-state index < -0.39 is 0 Å². The minimum absolute atomic E-state index is 0.123. The molecule has 0 fully saturated rings. The molecule has 0 unspecified atom stereocenters. The number of H-pyrrole nitrogens is 1. The maximum absolute atomic E-state index is 6.24. The van der Waals surface area contributed by atoms with Gasteiger partial charge in [-0.25, -0.2) is 4.98 Å². The number of imidazole rings is 1. The average molecular weight is 308 g/mol. The second kappa shape index (κ2) is 6.07. The minimum Gasteiger partial charge on any atom is -0.483 e. The molecule has 1 heterocycles. The highest BCUT2D eigenvalue weighted by atomic mass is 16.5. The van der Waals surface area contributed by atoms with Crippen molar-refractivity contribution in [3.63, 3.8) is 0 Å². The first kappa shape index (κ1) is 15.6. The van der Waals surface area contributed by atoms with E-state index in [9.17, 15) is 0 Å². The zero-order valence-electron chi connectivity index (χ0n) is 14.5. The number of fused-ring (bicyclic) bond motifs is 1. The number of rotatable bonds is 4. The molecule has 3 heteroatoms. The van der Waals surface area contributed by atoms with Gasteiger partial charge < -0.3 is 9.72 Å². The zero-order valence-corrected chi connectivity index (χ0v) is 14.5. The first-order valence-corrected chi connectivity index (χ1v) is 8.17. The molecule has 0 amide bonds. The van der Waals surface area contributed by atoms with Crippen molar-refractivity contribution in [2.75, 3.05) is 0 Å². The standard InChI is InChI=1S/C20H24N2O/c1-12(2)16-8-6-14(4)11-19(16)23-15(5)20-21-17-9-7-13(3)10-18(17)22-20/h6-12,15H,1-5H3,(H,21,22)/t15-/m0/s1. The largest absolute Gasteiger partial charge is 0.483 e. The Hall–Kier alpha value is -2.29. The number of hydrogen-bond donors (Lipinski definition) is 1. The number of benzene rings is 2. The minimum atomic E-state index is -0.123. The molecule has 0 spiro atoms. The first-order chi connectivity index (χ1) is 10.9. The molecule has 0 bridgehead atoms. The molecule has 2 aromatic carbocycles. The molecule has 0 saturated heterocycles. The average Bonchev–Trinajstić information content (AvgIpc) is 2.90. The predicted molar refractivity (Wildman–Crippen MR) is 95.1 cm³/mol. The third-order valence-electron chi connectivity index (χ3n) is 4.14. The highest BCUT2D eigenvalue weighted by Crippen LogP contribution is 2.31. The molecule has 23 heavy (non-hydrogen) atoms. The molecule has 120 valence electrons. The van der Waals surface area contributed by atoms with Gasteiger partial charge in [-0.1, -0.05) is 32.0 Å². The van der Waals surface area contributed by atoms with Gasteiger partial charge in [-0.3, -0.25) is 0 Å². The van der Waals surface area contributed by atoms with Crippen LogP contribution in [0.25, 0.3) is 11.0 Å². The molecule has 0 aliphatic rings. The molecule has 0 saturated carbocycles. The van der Waals surface area contributed by atoms with Crippen LogP contribution >= 0.6 is 0 Å². The molecular weight excluding hydrogens is 284 g/mol. The van der Waals surface area contributed by atoms with Gasteiger partial charge in [0, 0.05) is 0 Å². The van der Waals surface area contributed by atoms with E-state index in [-0.39, 0.29) is 6.10 Å². The van der Waals surface area contributed by atoms with Crippen LogP contribution in [0, 0.1) is 13.8 Å². The van der Waals surface area contributed by atoms with Crippen LogP contribution in [0.2, 0.25) is 0 Å². The molecular formula is C20H24N2O. The quantitative estimate of drug-likeness (QED) is 0.696. The van der Waals surface area contributed by atoms with Gasteiger partial charge in [0.1, 0.15) is 11.6 Å². The lowest BCUT2D eigenvalue weighted by atomic mass is 10.0. The molecule has 1 atom stereocenters. The fourth-order valence-electron chi connectivity index (χ4n) is 2.80. The summed E-state index contributed by atoms with van der Waals surface area (Å²) in [5.74, 6) is 2.24. The number of aryl methyl sites for hydroxylation is 2. The summed E-state index contributed by atoms with van der Waals surface area (Å²) in [4.78, 5) is 8.05. The normalized spacial score (nSPS) is 12.8. The lowest BCUT2D eigenvalue weighted by molar-refractivity contribution is 0.215. The molecule has 0 aliphatic carbocycles. The van der Waals surface area contributed by atoms with E-state index in [1.54, 1.807) is 0 Å².